The summed E-state index contributed by atoms with van der Waals surface area (Å²) in [5, 5.41) is 4.08. The molecule has 0 aliphatic carbocycles. The Labute approximate surface area is 86.2 Å². The molecule has 1 aromatic heterocycles. The number of carbonyl (C=O) groups is 1. The molecule has 1 heterocycles. The lowest BCUT2D eigenvalue weighted by Gasteiger charge is -2.03. The zero-order valence-corrected chi connectivity index (χ0v) is 9.33. The maximum absolute atomic E-state index is 11.2. The van der Waals surface area contributed by atoms with E-state index in [9.17, 15) is 13.2 Å². The molecular weight excluding hydrogens is 224 g/mol. The molecule has 7 heteroatoms. The Bertz CT molecular complexity index is 436. The molecule has 78 valence electrons. The number of carbonyl (C=O) groups excluding carboxylic acids is 1. The Morgan fingerprint density at radius 1 is 1.50 bits per heavy atom. The maximum Gasteiger partial charge on any atom is 0.263 e. The number of thiophene rings is 1. The van der Waals surface area contributed by atoms with E-state index in [-0.39, 0.29) is 5.91 Å². The average molecular weight is 234 g/mol. The first-order chi connectivity index (χ1) is 6.44. The molecular formula is C7H10N2O3S2. The minimum absolute atomic E-state index is 0.300. The van der Waals surface area contributed by atoms with E-state index >= 15 is 0 Å². The van der Waals surface area contributed by atoms with Gasteiger partial charge in [-0.15, -0.1) is 11.3 Å². The predicted molar refractivity (Wildman–Crippen MR) is 56.2 cm³/mol. The zero-order valence-electron chi connectivity index (χ0n) is 7.70. The molecule has 0 atom stereocenters. The summed E-state index contributed by atoms with van der Waals surface area (Å²) in [5.41, 5.74) is 0.317. The van der Waals surface area contributed by atoms with Crippen molar-refractivity contribution in [3.8, 4) is 0 Å². The Kier molecular flexibility index (Phi) is 3.12. The van der Waals surface area contributed by atoms with Gasteiger partial charge in [0.05, 0.1) is 11.9 Å². The van der Waals surface area contributed by atoms with Crippen molar-refractivity contribution in [3.05, 3.63) is 16.3 Å². The number of amides is 1. The molecule has 1 aromatic rings. The fraction of sp³-hybridized carbons (Fsp3) is 0.286. The Morgan fingerprint density at radius 2 is 2.14 bits per heavy atom. The Hall–Kier alpha value is -1.08. The van der Waals surface area contributed by atoms with Crippen LogP contribution in [0.3, 0.4) is 0 Å². The summed E-state index contributed by atoms with van der Waals surface area (Å²) in [6.45, 7) is 0. The monoisotopic (exact) mass is 234 g/mol. The number of sulfonamides is 1. The number of rotatable bonds is 3. The minimum Gasteiger partial charge on any atom is -0.354 e. The van der Waals surface area contributed by atoms with Crippen molar-refractivity contribution in [2.75, 3.05) is 18.0 Å². The van der Waals surface area contributed by atoms with Gasteiger partial charge in [0.25, 0.3) is 5.91 Å². The van der Waals surface area contributed by atoms with Gasteiger partial charge >= 0.3 is 0 Å². The fourth-order valence-electron chi connectivity index (χ4n) is 0.879. The summed E-state index contributed by atoms with van der Waals surface area (Å²) < 4.78 is 24.1. The molecule has 1 rings (SSSR count). The predicted octanol–water partition coefficient (Wildman–Crippen LogP) is 0.479. The molecule has 0 aliphatic rings. The second-order valence-electron chi connectivity index (χ2n) is 2.62. The third-order valence-corrected chi connectivity index (χ3v) is 2.90. The average Bonchev–Trinajstić information content (AvgIpc) is 2.48. The lowest BCUT2D eigenvalue weighted by atomic mass is 10.4. The van der Waals surface area contributed by atoms with Crippen LogP contribution in [0.5, 0.6) is 0 Å². The number of hydrogen-bond acceptors (Lipinski definition) is 4. The smallest absolute Gasteiger partial charge is 0.263 e. The molecule has 0 unspecified atom stereocenters. The first-order valence-corrected chi connectivity index (χ1v) is 6.48. The van der Waals surface area contributed by atoms with E-state index in [1.165, 1.54) is 18.4 Å². The second-order valence-corrected chi connectivity index (χ2v) is 5.28. The van der Waals surface area contributed by atoms with Gasteiger partial charge in [-0.1, -0.05) is 0 Å². The molecule has 0 saturated carbocycles. The first kappa shape index (κ1) is 11.0. The van der Waals surface area contributed by atoms with Crippen LogP contribution in [0.25, 0.3) is 0 Å². The standard InChI is InChI=1S/C7H10N2O3S2/c1-8-7(10)6-5(3-4-13-6)9-14(2,11)12/h3-4,9H,1-2H3,(H,8,10). The molecule has 2 N–H and O–H groups in total. The van der Waals surface area contributed by atoms with E-state index in [2.05, 4.69) is 10.0 Å². The number of hydrogen-bond donors (Lipinski definition) is 2. The highest BCUT2D eigenvalue weighted by atomic mass is 32.2. The van der Waals surface area contributed by atoms with Gasteiger partial charge in [-0.05, 0) is 11.4 Å². The molecule has 0 radical (unpaired) electrons. The zero-order chi connectivity index (χ0) is 10.8. The van der Waals surface area contributed by atoms with Crippen LogP contribution >= 0.6 is 11.3 Å². The van der Waals surface area contributed by atoms with Crippen molar-refractivity contribution in [2.24, 2.45) is 0 Å². The molecule has 0 fully saturated rings. The van der Waals surface area contributed by atoms with E-state index in [0.29, 0.717) is 10.6 Å². The Balaban J connectivity index is 3.00. The minimum atomic E-state index is -3.33. The lowest BCUT2D eigenvalue weighted by molar-refractivity contribution is 0.0968. The van der Waals surface area contributed by atoms with Gasteiger partial charge < -0.3 is 5.32 Å². The summed E-state index contributed by atoms with van der Waals surface area (Å²) in [5.74, 6) is -0.300. The van der Waals surface area contributed by atoms with Crippen molar-refractivity contribution in [2.45, 2.75) is 0 Å². The summed E-state index contributed by atoms with van der Waals surface area (Å²) in [7, 11) is -1.84. The maximum atomic E-state index is 11.2. The molecule has 0 aliphatic heterocycles. The van der Waals surface area contributed by atoms with Crippen molar-refractivity contribution in [3.63, 3.8) is 0 Å². The topological polar surface area (TPSA) is 75.3 Å². The van der Waals surface area contributed by atoms with Gasteiger partial charge in [-0.25, -0.2) is 8.42 Å². The van der Waals surface area contributed by atoms with E-state index in [0.717, 1.165) is 6.26 Å². The summed E-state index contributed by atoms with van der Waals surface area (Å²) in [4.78, 5) is 11.6. The van der Waals surface area contributed by atoms with Gasteiger partial charge in [-0.2, -0.15) is 0 Å². The van der Waals surface area contributed by atoms with Gasteiger partial charge in [0.15, 0.2) is 0 Å². The molecule has 0 aromatic carbocycles. The van der Waals surface area contributed by atoms with Crippen LogP contribution < -0.4 is 10.0 Å². The first-order valence-electron chi connectivity index (χ1n) is 3.71. The van der Waals surface area contributed by atoms with Gasteiger partial charge in [0.1, 0.15) is 4.88 Å². The quantitative estimate of drug-likeness (QED) is 0.798. The highest BCUT2D eigenvalue weighted by Gasteiger charge is 2.13. The van der Waals surface area contributed by atoms with Crippen LogP contribution in [0.15, 0.2) is 11.4 Å². The van der Waals surface area contributed by atoms with Gasteiger partial charge in [0.2, 0.25) is 10.0 Å². The highest BCUT2D eigenvalue weighted by molar-refractivity contribution is 7.92. The Morgan fingerprint density at radius 3 is 2.64 bits per heavy atom. The molecule has 0 bridgehead atoms. The van der Waals surface area contributed by atoms with E-state index < -0.39 is 10.0 Å². The largest absolute Gasteiger partial charge is 0.354 e. The fourth-order valence-corrected chi connectivity index (χ4v) is 2.31. The van der Waals surface area contributed by atoms with Crippen LogP contribution in [0.2, 0.25) is 0 Å². The van der Waals surface area contributed by atoms with E-state index in [1.807, 2.05) is 0 Å². The third-order valence-electron chi connectivity index (χ3n) is 1.39. The van der Waals surface area contributed by atoms with Gasteiger partial charge in [-0.3, -0.25) is 9.52 Å². The summed E-state index contributed by atoms with van der Waals surface area (Å²) in [6, 6.07) is 1.55. The van der Waals surface area contributed by atoms with Crippen LogP contribution in [0.1, 0.15) is 9.67 Å². The molecule has 5 nitrogen and oxygen atoms in total. The van der Waals surface area contributed by atoms with Gasteiger partial charge in [0, 0.05) is 7.05 Å². The van der Waals surface area contributed by atoms with Crippen molar-refractivity contribution < 1.29 is 13.2 Å². The normalized spacial score (nSPS) is 11.0. The second kappa shape index (κ2) is 3.97. The number of anilines is 1. The van der Waals surface area contributed by atoms with Crippen molar-refractivity contribution in [1.29, 1.82) is 0 Å². The summed E-state index contributed by atoms with van der Waals surface area (Å²) in [6.07, 6.45) is 1.04. The molecule has 14 heavy (non-hydrogen) atoms. The van der Waals surface area contributed by atoms with Crippen LogP contribution in [-0.2, 0) is 10.0 Å². The number of nitrogens with one attached hydrogen (secondary N) is 2. The molecule has 1 amide bonds. The van der Waals surface area contributed by atoms with E-state index in [4.69, 9.17) is 0 Å². The van der Waals surface area contributed by atoms with Crippen molar-refractivity contribution >= 4 is 33.0 Å². The molecule has 0 spiro atoms. The molecule has 0 saturated heterocycles. The SMILES string of the molecule is CNC(=O)c1sccc1NS(C)(=O)=O. The van der Waals surface area contributed by atoms with Crippen LogP contribution in [0.4, 0.5) is 5.69 Å². The summed E-state index contributed by atoms with van der Waals surface area (Å²) >= 11 is 1.18. The third kappa shape index (κ3) is 2.71. The van der Waals surface area contributed by atoms with Crippen LogP contribution in [-0.4, -0.2) is 27.6 Å². The van der Waals surface area contributed by atoms with Crippen LogP contribution in [0, 0.1) is 0 Å². The highest BCUT2D eigenvalue weighted by Crippen LogP contribution is 2.22. The lowest BCUT2D eigenvalue weighted by Crippen LogP contribution is -2.19. The van der Waals surface area contributed by atoms with E-state index in [1.54, 1.807) is 11.4 Å². The van der Waals surface area contributed by atoms with Crippen molar-refractivity contribution in [1.82, 2.24) is 5.32 Å².